The summed E-state index contributed by atoms with van der Waals surface area (Å²) in [6, 6.07) is 0. The molecular weight excluding hydrogens is 300 g/mol. The standard InChI is InChI=1S/C21H32O3/c1-12(22)16-6-7-17-15-5-4-13-10-14(23)8-9-20(13,2)19(15)18(24)11-21(16,17)3/h13-17,19,23H,4-11H2,1-3H3/t13-,14+,15+,16+,17+,19+,20-,21+/m0/s1. The second kappa shape index (κ2) is 5.40. The van der Waals surface area contributed by atoms with Gasteiger partial charge in [0.05, 0.1) is 6.10 Å². The fourth-order valence-electron chi connectivity index (χ4n) is 7.72. The van der Waals surface area contributed by atoms with E-state index < -0.39 is 0 Å². The Hall–Kier alpha value is -0.700. The molecule has 0 aliphatic heterocycles. The summed E-state index contributed by atoms with van der Waals surface area (Å²) < 4.78 is 0. The number of carbonyl (C=O) groups excluding carboxylic acids is 2. The number of carbonyl (C=O) groups is 2. The SMILES string of the molecule is CC(=O)[C@H]1CC[C@@H]2[C@H]3CC[C@H]4C[C@H](O)CC[C@]4(C)[C@H]3C(=O)C[C@]12C. The molecule has 4 saturated carbocycles. The van der Waals surface area contributed by atoms with Gasteiger partial charge in [0.15, 0.2) is 0 Å². The molecule has 4 rings (SSSR count). The van der Waals surface area contributed by atoms with Crippen LogP contribution in [0, 0.1) is 40.4 Å². The molecule has 1 N–H and O–H groups in total. The second-order valence-corrected chi connectivity index (χ2v) is 9.85. The third-order valence-electron chi connectivity index (χ3n) is 8.81. The smallest absolute Gasteiger partial charge is 0.137 e. The zero-order valence-electron chi connectivity index (χ0n) is 15.4. The summed E-state index contributed by atoms with van der Waals surface area (Å²) in [6.07, 6.45) is 7.53. The summed E-state index contributed by atoms with van der Waals surface area (Å²) in [5.74, 6) is 2.48. The molecular formula is C21H32O3. The van der Waals surface area contributed by atoms with Crippen LogP contribution in [0.5, 0.6) is 0 Å². The van der Waals surface area contributed by atoms with Crippen LogP contribution in [0.1, 0.15) is 72.1 Å². The predicted octanol–water partition coefficient (Wildman–Crippen LogP) is 3.77. The van der Waals surface area contributed by atoms with Gasteiger partial charge in [-0.1, -0.05) is 13.8 Å². The van der Waals surface area contributed by atoms with E-state index in [1.165, 1.54) is 0 Å². The lowest BCUT2D eigenvalue weighted by molar-refractivity contribution is -0.162. The van der Waals surface area contributed by atoms with Gasteiger partial charge in [-0.15, -0.1) is 0 Å². The maximum Gasteiger partial charge on any atom is 0.137 e. The molecule has 134 valence electrons. The Labute approximate surface area is 145 Å². The van der Waals surface area contributed by atoms with Crippen LogP contribution in [0.4, 0.5) is 0 Å². The van der Waals surface area contributed by atoms with E-state index in [0.717, 1.165) is 44.9 Å². The second-order valence-electron chi connectivity index (χ2n) is 9.85. The van der Waals surface area contributed by atoms with Gasteiger partial charge in [0.2, 0.25) is 0 Å². The molecule has 24 heavy (non-hydrogen) atoms. The summed E-state index contributed by atoms with van der Waals surface area (Å²) in [6.45, 7) is 6.28. The Morgan fingerprint density at radius 1 is 1.08 bits per heavy atom. The highest BCUT2D eigenvalue weighted by molar-refractivity contribution is 5.87. The average molecular weight is 332 g/mol. The number of ketones is 2. The van der Waals surface area contributed by atoms with Gasteiger partial charge in [0, 0.05) is 18.3 Å². The maximum atomic E-state index is 13.3. The molecule has 0 radical (unpaired) electrons. The predicted molar refractivity (Wildman–Crippen MR) is 92.3 cm³/mol. The zero-order chi connectivity index (χ0) is 17.3. The van der Waals surface area contributed by atoms with Gasteiger partial charge in [-0.25, -0.2) is 0 Å². The van der Waals surface area contributed by atoms with E-state index in [2.05, 4.69) is 13.8 Å². The normalized spacial score (nSPS) is 53.9. The number of hydrogen-bond acceptors (Lipinski definition) is 3. The number of fused-ring (bicyclic) bond motifs is 5. The highest BCUT2D eigenvalue weighted by atomic mass is 16.3. The summed E-state index contributed by atoms with van der Waals surface area (Å²) >= 11 is 0. The third kappa shape index (κ3) is 2.12. The summed E-state index contributed by atoms with van der Waals surface area (Å²) in [7, 11) is 0. The first-order chi connectivity index (χ1) is 11.3. The number of hydrogen-bond donors (Lipinski definition) is 1. The molecule has 0 aromatic carbocycles. The lowest BCUT2D eigenvalue weighted by atomic mass is 9.44. The van der Waals surface area contributed by atoms with Crippen LogP contribution >= 0.6 is 0 Å². The van der Waals surface area contributed by atoms with Gasteiger partial charge in [0.25, 0.3) is 0 Å². The molecule has 0 aromatic rings. The van der Waals surface area contributed by atoms with Crippen molar-refractivity contribution in [3.8, 4) is 0 Å². The molecule has 0 unspecified atom stereocenters. The van der Waals surface area contributed by atoms with Gasteiger partial charge in [-0.3, -0.25) is 9.59 Å². The van der Waals surface area contributed by atoms with Crippen molar-refractivity contribution in [3.05, 3.63) is 0 Å². The lowest BCUT2D eigenvalue weighted by Gasteiger charge is -2.59. The summed E-state index contributed by atoms with van der Waals surface area (Å²) in [5, 5.41) is 10.1. The molecule has 0 aromatic heterocycles. The van der Waals surface area contributed by atoms with Crippen molar-refractivity contribution in [3.63, 3.8) is 0 Å². The van der Waals surface area contributed by atoms with Crippen LogP contribution in [-0.4, -0.2) is 22.8 Å². The summed E-state index contributed by atoms with van der Waals surface area (Å²) in [5.41, 5.74) is -0.0175. The molecule has 0 saturated heterocycles. The van der Waals surface area contributed by atoms with E-state index in [-0.39, 0.29) is 34.6 Å². The number of aliphatic hydroxyl groups is 1. The molecule has 3 nitrogen and oxygen atoms in total. The molecule has 0 bridgehead atoms. The minimum atomic E-state index is -0.169. The third-order valence-corrected chi connectivity index (χ3v) is 8.81. The molecule has 3 heteroatoms. The molecule has 4 aliphatic carbocycles. The number of aliphatic hydroxyl groups excluding tert-OH is 1. The van der Waals surface area contributed by atoms with E-state index >= 15 is 0 Å². The van der Waals surface area contributed by atoms with Crippen LogP contribution in [-0.2, 0) is 9.59 Å². The minimum absolute atomic E-state index is 0.0782. The molecule has 4 aliphatic rings. The largest absolute Gasteiger partial charge is 0.393 e. The van der Waals surface area contributed by atoms with Crippen LogP contribution in [0.3, 0.4) is 0 Å². The van der Waals surface area contributed by atoms with Crippen molar-refractivity contribution in [1.82, 2.24) is 0 Å². The van der Waals surface area contributed by atoms with E-state index in [4.69, 9.17) is 0 Å². The van der Waals surface area contributed by atoms with Crippen LogP contribution in [0.2, 0.25) is 0 Å². The molecule has 8 atom stereocenters. The van der Waals surface area contributed by atoms with Gasteiger partial charge >= 0.3 is 0 Å². The van der Waals surface area contributed by atoms with Crippen LogP contribution in [0.25, 0.3) is 0 Å². The van der Waals surface area contributed by atoms with Crippen molar-refractivity contribution >= 4 is 11.6 Å². The Bertz CT molecular complexity index is 569. The van der Waals surface area contributed by atoms with E-state index in [1.54, 1.807) is 6.92 Å². The molecule has 0 heterocycles. The fourth-order valence-corrected chi connectivity index (χ4v) is 7.72. The topological polar surface area (TPSA) is 54.4 Å². The van der Waals surface area contributed by atoms with Gasteiger partial charge in [0.1, 0.15) is 11.6 Å². The van der Waals surface area contributed by atoms with E-state index in [9.17, 15) is 14.7 Å². The van der Waals surface area contributed by atoms with Crippen molar-refractivity contribution in [2.75, 3.05) is 0 Å². The fraction of sp³-hybridized carbons (Fsp3) is 0.905. The first-order valence-corrected chi connectivity index (χ1v) is 9.98. The van der Waals surface area contributed by atoms with Gasteiger partial charge < -0.3 is 5.11 Å². The van der Waals surface area contributed by atoms with Gasteiger partial charge in [-0.05, 0) is 80.5 Å². The monoisotopic (exact) mass is 332 g/mol. The average Bonchev–Trinajstić information content (AvgIpc) is 2.84. The zero-order valence-corrected chi connectivity index (χ0v) is 15.4. The quantitative estimate of drug-likeness (QED) is 0.795. The first kappa shape index (κ1) is 16.8. The lowest BCUT2D eigenvalue weighted by Crippen LogP contribution is -2.58. The number of Topliss-reactive ketones (excluding diaryl/α,β-unsaturated/α-hetero) is 2. The molecule has 4 fully saturated rings. The maximum absolute atomic E-state index is 13.3. The van der Waals surface area contributed by atoms with Crippen molar-refractivity contribution in [2.45, 2.75) is 78.2 Å². The Balaban J connectivity index is 1.68. The highest BCUT2D eigenvalue weighted by Gasteiger charge is 2.63. The van der Waals surface area contributed by atoms with E-state index in [0.29, 0.717) is 30.0 Å². The van der Waals surface area contributed by atoms with Crippen molar-refractivity contribution in [2.24, 2.45) is 40.4 Å². The minimum Gasteiger partial charge on any atom is -0.393 e. The van der Waals surface area contributed by atoms with Crippen LogP contribution in [0.15, 0.2) is 0 Å². The summed E-state index contributed by atoms with van der Waals surface area (Å²) in [4.78, 5) is 25.5. The Morgan fingerprint density at radius 3 is 2.54 bits per heavy atom. The molecule has 0 spiro atoms. The Kier molecular flexibility index (Phi) is 3.77. The van der Waals surface area contributed by atoms with Crippen molar-refractivity contribution in [1.29, 1.82) is 0 Å². The first-order valence-electron chi connectivity index (χ1n) is 9.98. The van der Waals surface area contributed by atoms with Crippen LogP contribution < -0.4 is 0 Å². The van der Waals surface area contributed by atoms with E-state index in [1.807, 2.05) is 0 Å². The van der Waals surface area contributed by atoms with Crippen molar-refractivity contribution < 1.29 is 14.7 Å². The van der Waals surface area contributed by atoms with Gasteiger partial charge in [-0.2, -0.15) is 0 Å². The Morgan fingerprint density at radius 2 is 1.83 bits per heavy atom. The molecule has 0 amide bonds. The number of rotatable bonds is 1. The highest BCUT2D eigenvalue weighted by Crippen LogP contribution is 2.66.